The molecule has 1 N–H and O–H groups in total. The summed E-state index contributed by atoms with van der Waals surface area (Å²) in [5.74, 6) is -1.47. The van der Waals surface area contributed by atoms with Crippen LogP contribution in [-0.4, -0.2) is 80.6 Å². The molecule has 0 aliphatic heterocycles. The molecule has 0 fully saturated rings. The van der Waals surface area contributed by atoms with Crippen LogP contribution in [0.4, 0.5) is 0 Å². The van der Waals surface area contributed by atoms with Crippen molar-refractivity contribution in [3.8, 4) is 0 Å². The minimum Gasteiger partial charge on any atom is -0.477 e. The van der Waals surface area contributed by atoms with Gasteiger partial charge in [0.25, 0.3) is 0 Å². The Morgan fingerprint density at radius 1 is 0.580 bits per heavy atom. The molecule has 0 aromatic heterocycles. The molecule has 0 saturated heterocycles. The number of carbonyl (C=O) groups excluding carboxylic acids is 2. The number of carboxylic acids is 1. The Hall–Kier alpha value is -1.93. The molecule has 8 heteroatoms. The summed E-state index contributed by atoms with van der Waals surface area (Å²) in [5.41, 5.74) is 0. The first-order valence-electron chi connectivity index (χ1n) is 20.7. The first-order chi connectivity index (χ1) is 24.1. The van der Waals surface area contributed by atoms with Gasteiger partial charge in [0.2, 0.25) is 0 Å². The highest BCUT2D eigenvalue weighted by atomic mass is 16.6. The average molecular weight is 711 g/mol. The normalized spacial score (nSPS) is 13.1. The molecule has 294 valence electrons. The summed E-state index contributed by atoms with van der Waals surface area (Å²) in [4.78, 5) is 36.7. The van der Waals surface area contributed by atoms with Crippen molar-refractivity contribution in [1.82, 2.24) is 0 Å². The van der Waals surface area contributed by atoms with Crippen molar-refractivity contribution < 1.29 is 38.2 Å². The summed E-state index contributed by atoms with van der Waals surface area (Å²) >= 11 is 0. The van der Waals surface area contributed by atoms with Gasteiger partial charge in [-0.15, -0.1) is 0 Å². The van der Waals surface area contributed by atoms with E-state index in [1.54, 1.807) is 0 Å². The van der Waals surface area contributed by atoms with Crippen molar-refractivity contribution >= 4 is 17.9 Å². The van der Waals surface area contributed by atoms with Gasteiger partial charge in [0.05, 0.1) is 34.4 Å². The van der Waals surface area contributed by atoms with Gasteiger partial charge in [-0.25, -0.2) is 4.79 Å². The van der Waals surface area contributed by atoms with Crippen LogP contribution in [0.2, 0.25) is 0 Å². The predicted molar refractivity (Wildman–Crippen MR) is 206 cm³/mol. The van der Waals surface area contributed by atoms with E-state index in [0.29, 0.717) is 19.3 Å². The van der Waals surface area contributed by atoms with Crippen molar-refractivity contribution in [2.24, 2.45) is 0 Å². The molecule has 0 bridgehead atoms. The van der Waals surface area contributed by atoms with Gasteiger partial charge in [-0.05, 0) is 38.5 Å². The van der Waals surface area contributed by atoms with Crippen LogP contribution >= 0.6 is 0 Å². The number of carbonyl (C=O) groups is 3. The third-order valence-corrected chi connectivity index (χ3v) is 9.41. The highest BCUT2D eigenvalue weighted by Crippen LogP contribution is 2.14. The van der Waals surface area contributed by atoms with E-state index in [1.807, 2.05) is 21.1 Å². The molecule has 0 heterocycles. The van der Waals surface area contributed by atoms with Crippen LogP contribution in [0.15, 0.2) is 12.2 Å². The molecule has 50 heavy (non-hydrogen) atoms. The molecule has 2 unspecified atom stereocenters. The molecule has 8 nitrogen and oxygen atoms in total. The van der Waals surface area contributed by atoms with Gasteiger partial charge < -0.3 is 23.8 Å². The lowest BCUT2D eigenvalue weighted by molar-refractivity contribution is -0.887. The van der Waals surface area contributed by atoms with E-state index in [2.05, 4.69) is 26.0 Å². The Bertz CT molecular complexity index is 838. The zero-order chi connectivity index (χ0) is 37.1. The fraction of sp³-hybridized carbons (Fsp3) is 0.881. The minimum atomic E-state index is -0.875. The minimum absolute atomic E-state index is 0.0480. The maximum atomic E-state index is 12.7. The van der Waals surface area contributed by atoms with Gasteiger partial charge in [0.15, 0.2) is 12.1 Å². The molecular weight excluding hydrogens is 630 g/mol. The number of ether oxygens (including phenoxy) is 3. The van der Waals surface area contributed by atoms with Crippen LogP contribution < -0.4 is 0 Å². The zero-order valence-electron chi connectivity index (χ0n) is 33.4. The van der Waals surface area contributed by atoms with Crippen molar-refractivity contribution in [1.29, 1.82) is 0 Å². The number of allylic oxidation sites excluding steroid dienone is 2. The highest BCUT2D eigenvalue weighted by Gasteiger charge is 2.31. The van der Waals surface area contributed by atoms with E-state index in [9.17, 15) is 19.5 Å². The Balaban J connectivity index is 4.29. The number of aliphatic carboxylic acids is 1. The SMILES string of the molecule is CCCCCCCCC/C=C\CCCCCCCCCC(=O)OC(COCCC(C(=O)O)[N+](C)(C)C)COC(=O)CCCCCCCCCC. The van der Waals surface area contributed by atoms with Gasteiger partial charge >= 0.3 is 17.9 Å². The van der Waals surface area contributed by atoms with Gasteiger partial charge in [-0.1, -0.05) is 142 Å². The topological polar surface area (TPSA) is 99.1 Å². The summed E-state index contributed by atoms with van der Waals surface area (Å²) in [6.07, 6.45) is 34.0. The summed E-state index contributed by atoms with van der Waals surface area (Å²) in [7, 11) is 5.52. The largest absolute Gasteiger partial charge is 0.477 e. The van der Waals surface area contributed by atoms with Crippen LogP contribution in [0.5, 0.6) is 0 Å². The van der Waals surface area contributed by atoms with Crippen LogP contribution in [0, 0.1) is 0 Å². The van der Waals surface area contributed by atoms with Crippen molar-refractivity contribution in [2.45, 2.75) is 199 Å². The van der Waals surface area contributed by atoms with Crippen LogP contribution in [-0.2, 0) is 28.6 Å². The molecule has 2 atom stereocenters. The third kappa shape index (κ3) is 32.0. The van der Waals surface area contributed by atoms with E-state index in [0.717, 1.165) is 38.5 Å². The second-order valence-electron chi connectivity index (χ2n) is 15.2. The smallest absolute Gasteiger partial charge is 0.362 e. The fourth-order valence-corrected chi connectivity index (χ4v) is 6.14. The van der Waals surface area contributed by atoms with Crippen molar-refractivity contribution in [3.05, 3.63) is 12.2 Å². The lowest BCUT2D eigenvalue weighted by Gasteiger charge is -2.31. The number of carboxylic acid groups (broad SMARTS) is 1. The Labute approximate surface area is 308 Å². The van der Waals surface area contributed by atoms with Gasteiger partial charge in [-0.3, -0.25) is 9.59 Å². The number of unbranched alkanes of at least 4 members (excludes halogenated alkanes) is 21. The van der Waals surface area contributed by atoms with Gasteiger partial charge in [-0.2, -0.15) is 0 Å². The molecule has 0 aromatic carbocycles. The van der Waals surface area contributed by atoms with Gasteiger partial charge in [0.1, 0.15) is 6.61 Å². The maximum absolute atomic E-state index is 12.7. The molecule has 0 spiro atoms. The molecule has 0 aliphatic rings. The number of quaternary nitrogens is 1. The lowest BCUT2D eigenvalue weighted by atomic mass is 10.1. The quantitative estimate of drug-likeness (QED) is 0.0296. The van der Waals surface area contributed by atoms with E-state index in [1.165, 1.54) is 116 Å². The molecule has 0 rings (SSSR count). The van der Waals surface area contributed by atoms with E-state index in [4.69, 9.17) is 14.2 Å². The molecule has 0 saturated carbocycles. The standard InChI is InChI=1S/C42H79NO7/c1-6-8-10-12-14-16-17-18-19-20-21-22-23-24-25-27-29-31-33-41(45)50-38(36-48-35-34-39(42(46)47)43(3,4)5)37-49-40(44)32-30-28-26-15-13-11-9-7-2/h19-20,38-39H,6-18,21-37H2,1-5H3/p+1/b20-19-. The van der Waals surface area contributed by atoms with Crippen LogP contribution in [0.25, 0.3) is 0 Å². The number of esters is 2. The van der Waals surface area contributed by atoms with Crippen molar-refractivity contribution in [2.75, 3.05) is 41.0 Å². The van der Waals surface area contributed by atoms with Crippen LogP contribution in [0.3, 0.4) is 0 Å². The number of rotatable bonds is 37. The number of likely N-dealkylation sites (N-methyl/N-ethyl adjacent to an activating group) is 1. The molecule has 0 radical (unpaired) electrons. The Morgan fingerprint density at radius 2 is 1.00 bits per heavy atom. The lowest BCUT2D eigenvalue weighted by Crippen LogP contribution is -2.50. The number of hydrogen-bond donors (Lipinski definition) is 1. The fourth-order valence-electron chi connectivity index (χ4n) is 6.14. The second-order valence-corrected chi connectivity index (χ2v) is 15.2. The molecular formula is C42H80NO7+. The molecule has 0 aliphatic carbocycles. The first-order valence-corrected chi connectivity index (χ1v) is 20.7. The van der Waals surface area contributed by atoms with E-state index in [-0.39, 0.29) is 36.2 Å². The maximum Gasteiger partial charge on any atom is 0.362 e. The van der Waals surface area contributed by atoms with Gasteiger partial charge in [0, 0.05) is 19.3 Å². The second kappa shape index (κ2) is 34.2. The Kier molecular flexibility index (Phi) is 32.9. The average Bonchev–Trinajstić information content (AvgIpc) is 3.06. The summed E-state index contributed by atoms with van der Waals surface area (Å²) in [6.45, 7) is 4.71. The summed E-state index contributed by atoms with van der Waals surface area (Å²) in [5, 5.41) is 9.58. The van der Waals surface area contributed by atoms with Crippen LogP contribution in [0.1, 0.15) is 187 Å². The first kappa shape index (κ1) is 48.1. The van der Waals surface area contributed by atoms with E-state index >= 15 is 0 Å². The Morgan fingerprint density at radius 3 is 1.44 bits per heavy atom. The third-order valence-electron chi connectivity index (χ3n) is 9.41. The zero-order valence-corrected chi connectivity index (χ0v) is 33.4. The number of hydrogen-bond acceptors (Lipinski definition) is 6. The summed E-state index contributed by atoms with van der Waals surface area (Å²) in [6, 6.07) is -0.609. The van der Waals surface area contributed by atoms with E-state index < -0.39 is 18.1 Å². The highest BCUT2D eigenvalue weighted by molar-refractivity contribution is 5.72. The number of nitrogens with zero attached hydrogens (tertiary/aromatic N) is 1. The predicted octanol–water partition coefficient (Wildman–Crippen LogP) is 10.7. The molecule has 0 aromatic rings. The molecule has 0 amide bonds. The summed E-state index contributed by atoms with van der Waals surface area (Å²) < 4.78 is 17.2. The monoisotopic (exact) mass is 711 g/mol. The van der Waals surface area contributed by atoms with Crippen molar-refractivity contribution in [3.63, 3.8) is 0 Å².